The maximum absolute atomic E-state index is 12.2. The number of nitrogens with one attached hydrogen (secondary N) is 1. The number of methoxy groups -OCH3 is 1. The van der Waals surface area contributed by atoms with Crippen molar-refractivity contribution in [1.82, 2.24) is 10.2 Å². The van der Waals surface area contributed by atoms with Crippen LogP contribution in [0, 0.1) is 0 Å². The van der Waals surface area contributed by atoms with Gasteiger partial charge in [-0.15, -0.1) is 0 Å². The Morgan fingerprint density at radius 3 is 2.52 bits per heavy atom. The Morgan fingerprint density at radius 2 is 1.90 bits per heavy atom. The molecule has 0 radical (unpaired) electrons. The number of nitrogens with zero attached hydrogens (tertiary/aromatic N) is 1. The van der Waals surface area contributed by atoms with Crippen LogP contribution in [0.15, 0.2) is 34.3 Å². The van der Waals surface area contributed by atoms with Crippen molar-refractivity contribution >= 4 is 39.9 Å². The zero-order valence-corrected chi connectivity index (χ0v) is 12.8. The van der Waals surface area contributed by atoms with Crippen LogP contribution in [-0.4, -0.2) is 43.0 Å². The van der Waals surface area contributed by atoms with Crippen LogP contribution >= 0.6 is 15.9 Å². The fraction of sp³-hybridized carbons (Fsp3) is 0.214. The lowest BCUT2D eigenvalue weighted by molar-refractivity contribution is -0.130. The van der Waals surface area contributed by atoms with Gasteiger partial charge < -0.3 is 4.74 Å². The molecule has 1 aliphatic heterocycles. The highest BCUT2D eigenvalue weighted by Gasteiger charge is 2.35. The van der Waals surface area contributed by atoms with E-state index in [1.165, 1.54) is 13.2 Å². The first-order valence-electron chi connectivity index (χ1n) is 6.16. The smallest absolute Gasteiger partial charge is 0.331 e. The second kappa shape index (κ2) is 6.64. The van der Waals surface area contributed by atoms with Gasteiger partial charge in [-0.1, -0.05) is 28.1 Å². The summed E-state index contributed by atoms with van der Waals surface area (Å²) in [5, 5.41) is 2.14. The first kappa shape index (κ1) is 15.4. The Balaban J connectivity index is 2.28. The van der Waals surface area contributed by atoms with E-state index in [-0.39, 0.29) is 18.7 Å². The molecule has 0 saturated carbocycles. The Bertz CT molecular complexity index is 610. The second-order valence-electron chi connectivity index (χ2n) is 4.32. The number of amides is 4. The van der Waals surface area contributed by atoms with Crippen molar-refractivity contribution in [3.63, 3.8) is 0 Å². The molecule has 1 saturated heterocycles. The fourth-order valence-corrected chi connectivity index (χ4v) is 2.07. The van der Waals surface area contributed by atoms with Crippen LogP contribution in [0.4, 0.5) is 4.79 Å². The van der Waals surface area contributed by atoms with Crippen LogP contribution in [0.2, 0.25) is 0 Å². The van der Waals surface area contributed by atoms with Crippen LogP contribution in [0.1, 0.15) is 5.56 Å². The molecule has 0 aromatic heterocycles. The zero-order valence-electron chi connectivity index (χ0n) is 11.3. The van der Waals surface area contributed by atoms with Crippen molar-refractivity contribution in [2.75, 3.05) is 20.3 Å². The largest absolute Gasteiger partial charge is 0.383 e. The molecule has 21 heavy (non-hydrogen) atoms. The average Bonchev–Trinajstić information content (AvgIpc) is 2.45. The summed E-state index contributed by atoms with van der Waals surface area (Å²) in [6.45, 7) is 0.297. The number of carbonyl (C=O) groups is 3. The van der Waals surface area contributed by atoms with Crippen molar-refractivity contribution < 1.29 is 19.1 Å². The third-order valence-electron chi connectivity index (χ3n) is 2.89. The van der Waals surface area contributed by atoms with Gasteiger partial charge in [0.15, 0.2) is 0 Å². The molecule has 0 aliphatic carbocycles. The minimum absolute atomic E-state index is 0.0759. The van der Waals surface area contributed by atoms with E-state index in [2.05, 4.69) is 21.2 Å². The molecule has 7 heteroatoms. The number of barbiturate groups is 1. The highest BCUT2D eigenvalue weighted by molar-refractivity contribution is 9.10. The Labute approximate surface area is 129 Å². The highest BCUT2D eigenvalue weighted by atomic mass is 79.9. The van der Waals surface area contributed by atoms with Gasteiger partial charge in [0.1, 0.15) is 5.57 Å². The van der Waals surface area contributed by atoms with Gasteiger partial charge in [-0.2, -0.15) is 0 Å². The molecule has 1 aliphatic rings. The molecule has 1 fully saturated rings. The molecule has 0 atom stereocenters. The van der Waals surface area contributed by atoms with E-state index in [1.807, 2.05) is 0 Å². The number of benzene rings is 1. The summed E-state index contributed by atoms with van der Waals surface area (Å²) in [5.74, 6) is -1.31. The summed E-state index contributed by atoms with van der Waals surface area (Å²) in [5.41, 5.74) is 0.616. The average molecular weight is 353 g/mol. The van der Waals surface area contributed by atoms with Crippen molar-refractivity contribution in [2.24, 2.45) is 0 Å². The maximum Gasteiger partial charge on any atom is 0.331 e. The van der Waals surface area contributed by atoms with E-state index in [1.54, 1.807) is 24.3 Å². The molecule has 1 aromatic rings. The number of imide groups is 2. The predicted molar refractivity (Wildman–Crippen MR) is 79.2 cm³/mol. The lowest BCUT2D eigenvalue weighted by Gasteiger charge is -2.26. The lowest BCUT2D eigenvalue weighted by Crippen LogP contribution is -2.54. The van der Waals surface area contributed by atoms with Crippen molar-refractivity contribution in [3.05, 3.63) is 39.9 Å². The summed E-state index contributed by atoms with van der Waals surface area (Å²) in [6, 6.07) is 6.38. The van der Waals surface area contributed by atoms with Gasteiger partial charge in [-0.25, -0.2) is 4.79 Å². The standard InChI is InChI=1S/C14H13BrN2O4/c1-21-7-6-17-13(19)11(12(18)16-14(17)20)8-9-2-4-10(15)5-3-9/h2-5,8H,6-7H2,1H3,(H,16,18,20). The monoisotopic (exact) mass is 352 g/mol. The van der Waals surface area contributed by atoms with Crippen LogP contribution < -0.4 is 5.32 Å². The molecule has 1 N–H and O–H groups in total. The van der Waals surface area contributed by atoms with E-state index in [4.69, 9.17) is 4.74 Å². The molecule has 0 unspecified atom stereocenters. The van der Waals surface area contributed by atoms with E-state index >= 15 is 0 Å². The molecule has 4 amide bonds. The van der Waals surface area contributed by atoms with E-state index in [0.29, 0.717) is 5.56 Å². The van der Waals surface area contributed by atoms with Crippen molar-refractivity contribution in [3.8, 4) is 0 Å². The lowest BCUT2D eigenvalue weighted by atomic mass is 10.1. The summed E-state index contributed by atoms with van der Waals surface area (Å²) >= 11 is 3.31. The van der Waals surface area contributed by atoms with Crippen molar-refractivity contribution in [2.45, 2.75) is 0 Å². The predicted octanol–water partition coefficient (Wildman–Crippen LogP) is 1.56. The molecule has 0 bridgehead atoms. The van der Waals surface area contributed by atoms with Crippen molar-refractivity contribution in [1.29, 1.82) is 0 Å². The SMILES string of the molecule is COCCN1C(=O)NC(=O)C(=Cc2ccc(Br)cc2)C1=O. The Hall–Kier alpha value is -1.99. The van der Waals surface area contributed by atoms with Crippen LogP contribution in [0.5, 0.6) is 0 Å². The number of rotatable bonds is 4. The zero-order chi connectivity index (χ0) is 15.4. The van der Waals surface area contributed by atoms with Gasteiger partial charge in [0.05, 0.1) is 13.2 Å². The molecule has 0 spiro atoms. The fourth-order valence-electron chi connectivity index (χ4n) is 1.81. The summed E-state index contributed by atoms with van der Waals surface area (Å²) in [6.07, 6.45) is 1.45. The van der Waals surface area contributed by atoms with Gasteiger partial charge in [0.25, 0.3) is 11.8 Å². The first-order chi connectivity index (χ1) is 10.0. The van der Waals surface area contributed by atoms with Crippen LogP contribution in [-0.2, 0) is 14.3 Å². The van der Waals surface area contributed by atoms with E-state index < -0.39 is 17.8 Å². The third-order valence-corrected chi connectivity index (χ3v) is 3.41. The van der Waals surface area contributed by atoms with E-state index in [9.17, 15) is 14.4 Å². The number of halogens is 1. The first-order valence-corrected chi connectivity index (χ1v) is 6.95. The van der Waals surface area contributed by atoms with Gasteiger partial charge in [-0.05, 0) is 23.8 Å². The molecule has 6 nitrogen and oxygen atoms in total. The van der Waals surface area contributed by atoms with Gasteiger partial charge >= 0.3 is 6.03 Å². The Morgan fingerprint density at radius 1 is 1.24 bits per heavy atom. The molecule has 2 rings (SSSR count). The van der Waals surface area contributed by atoms with Gasteiger partial charge in [0, 0.05) is 11.6 Å². The topological polar surface area (TPSA) is 75.7 Å². The third kappa shape index (κ3) is 3.56. The van der Waals surface area contributed by atoms with Gasteiger partial charge in [-0.3, -0.25) is 19.8 Å². The molecular formula is C14H13BrN2O4. The van der Waals surface area contributed by atoms with Gasteiger partial charge in [0.2, 0.25) is 0 Å². The summed E-state index contributed by atoms with van der Waals surface area (Å²) < 4.78 is 5.74. The summed E-state index contributed by atoms with van der Waals surface area (Å²) in [7, 11) is 1.47. The van der Waals surface area contributed by atoms with E-state index in [0.717, 1.165) is 9.37 Å². The minimum Gasteiger partial charge on any atom is -0.383 e. The highest BCUT2D eigenvalue weighted by Crippen LogP contribution is 2.16. The Kier molecular flexibility index (Phi) is 4.87. The molecule has 1 aromatic carbocycles. The maximum atomic E-state index is 12.2. The number of ether oxygens (including phenoxy) is 1. The number of urea groups is 1. The molecular weight excluding hydrogens is 340 g/mol. The number of hydrogen-bond acceptors (Lipinski definition) is 4. The normalized spacial score (nSPS) is 17.3. The molecule has 1 heterocycles. The van der Waals surface area contributed by atoms with Crippen LogP contribution in [0.3, 0.4) is 0 Å². The second-order valence-corrected chi connectivity index (χ2v) is 5.23. The number of carbonyl (C=O) groups excluding carboxylic acids is 3. The minimum atomic E-state index is -0.727. The summed E-state index contributed by atoms with van der Waals surface area (Å²) in [4.78, 5) is 36.7. The van der Waals surface area contributed by atoms with Crippen LogP contribution in [0.25, 0.3) is 6.08 Å². The quantitative estimate of drug-likeness (QED) is 0.659. The number of hydrogen-bond donors (Lipinski definition) is 1. The molecule has 110 valence electrons.